The molecule has 0 fully saturated rings. The fourth-order valence-corrected chi connectivity index (χ4v) is 2.51. The second kappa shape index (κ2) is 7.23. The highest BCUT2D eigenvalue weighted by Crippen LogP contribution is 2.14. The Hall–Kier alpha value is -2.13. The largest absolute Gasteiger partial charge is 0.367 e. The molecule has 0 saturated heterocycles. The molecule has 0 unspecified atom stereocenters. The maximum absolute atomic E-state index is 11.9. The van der Waals surface area contributed by atoms with E-state index < -0.39 is 0 Å². The molecule has 2 aromatic rings. The SMILES string of the molecule is Cc1cc(C)cc(NC(=O)COCc2ccc(C)cc2C)c1. The molecule has 116 valence electrons. The van der Waals surface area contributed by atoms with Crippen molar-refractivity contribution in [2.24, 2.45) is 0 Å². The van der Waals surface area contributed by atoms with Gasteiger partial charge >= 0.3 is 0 Å². The zero-order valence-corrected chi connectivity index (χ0v) is 13.7. The number of hydrogen-bond acceptors (Lipinski definition) is 2. The Bertz CT molecular complexity index is 657. The summed E-state index contributed by atoms with van der Waals surface area (Å²) in [5, 5.41) is 2.87. The Morgan fingerprint density at radius 1 is 0.955 bits per heavy atom. The topological polar surface area (TPSA) is 38.3 Å². The number of nitrogens with one attached hydrogen (secondary N) is 1. The van der Waals surface area contributed by atoms with E-state index in [4.69, 9.17) is 4.74 Å². The molecule has 1 amide bonds. The van der Waals surface area contributed by atoms with Gasteiger partial charge in [0.05, 0.1) is 6.61 Å². The summed E-state index contributed by atoms with van der Waals surface area (Å²) in [4.78, 5) is 11.9. The fraction of sp³-hybridized carbons (Fsp3) is 0.316. The number of aryl methyl sites for hydroxylation is 4. The summed E-state index contributed by atoms with van der Waals surface area (Å²) in [5.74, 6) is -0.130. The lowest BCUT2D eigenvalue weighted by Crippen LogP contribution is -2.18. The van der Waals surface area contributed by atoms with E-state index in [0.717, 1.165) is 22.4 Å². The van der Waals surface area contributed by atoms with E-state index in [0.29, 0.717) is 6.61 Å². The molecule has 0 radical (unpaired) electrons. The Morgan fingerprint density at radius 2 is 1.64 bits per heavy atom. The Balaban J connectivity index is 1.85. The first kappa shape index (κ1) is 16.2. The van der Waals surface area contributed by atoms with Crippen LogP contribution in [0, 0.1) is 27.7 Å². The minimum absolute atomic E-state index is 0.0559. The van der Waals surface area contributed by atoms with E-state index in [9.17, 15) is 4.79 Å². The quantitative estimate of drug-likeness (QED) is 0.903. The van der Waals surface area contributed by atoms with Gasteiger partial charge in [0.2, 0.25) is 5.91 Å². The van der Waals surface area contributed by atoms with Crippen LogP contribution in [0.2, 0.25) is 0 Å². The summed E-state index contributed by atoms with van der Waals surface area (Å²) >= 11 is 0. The van der Waals surface area contributed by atoms with Gasteiger partial charge in [0.25, 0.3) is 0 Å². The van der Waals surface area contributed by atoms with E-state index in [-0.39, 0.29) is 12.5 Å². The minimum Gasteiger partial charge on any atom is -0.367 e. The third-order valence-electron chi connectivity index (χ3n) is 3.49. The van der Waals surface area contributed by atoms with Gasteiger partial charge in [-0.1, -0.05) is 29.8 Å². The summed E-state index contributed by atoms with van der Waals surface area (Å²) in [5.41, 5.74) is 6.61. The summed E-state index contributed by atoms with van der Waals surface area (Å²) in [7, 11) is 0. The highest BCUT2D eigenvalue weighted by molar-refractivity contribution is 5.91. The third-order valence-corrected chi connectivity index (χ3v) is 3.49. The van der Waals surface area contributed by atoms with Crippen molar-refractivity contribution in [3.63, 3.8) is 0 Å². The minimum atomic E-state index is -0.130. The van der Waals surface area contributed by atoms with Gasteiger partial charge in [-0.25, -0.2) is 0 Å². The van der Waals surface area contributed by atoms with Gasteiger partial charge in [0.1, 0.15) is 6.61 Å². The second-order valence-corrected chi connectivity index (χ2v) is 5.85. The van der Waals surface area contributed by atoms with Crippen molar-refractivity contribution < 1.29 is 9.53 Å². The number of anilines is 1. The monoisotopic (exact) mass is 297 g/mol. The predicted molar refractivity (Wildman–Crippen MR) is 90.1 cm³/mol. The van der Waals surface area contributed by atoms with Crippen LogP contribution in [-0.2, 0) is 16.1 Å². The normalized spacial score (nSPS) is 10.5. The lowest BCUT2D eigenvalue weighted by molar-refractivity contribution is -0.121. The van der Waals surface area contributed by atoms with Gasteiger partial charge in [-0.15, -0.1) is 0 Å². The van der Waals surface area contributed by atoms with Crippen LogP contribution in [0.15, 0.2) is 36.4 Å². The molecule has 0 aliphatic heterocycles. The number of benzene rings is 2. The highest BCUT2D eigenvalue weighted by atomic mass is 16.5. The van der Waals surface area contributed by atoms with E-state index in [1.54, 1.807) is 0 Å². The van der Waals surface area contributed by atoms with Crippen LogP contribution in [0.4, 0.5) is 5.69 Å². The number of hydrogen-bond donors (Lipinski definition) is 1. The molecule has 2 rings (SSSR count). The van der Waals surface area contributed by atoms with Gasteiger partial charge in [-0.3, -0.25) is 4.79 Å². The maximum Gasteiger partial charge on any atom is 0.250 e. The van der Waals surface area contributed by atoms with Gasteiger partial charge in [-0.2, -0.15) is 0 Å². The molecular weight excluding hydrogens is 274 g/mol. The van der Waals surface area contributed by atoms with Crippen molar-refractivity contribution in [3.05, 3.63) is 64.2 Å². The van der Waals surface area contributed by atoms with Gasteiger partial charge in [-0.05, 0) is 62.1 Å². The molecule has 0 aromatic heterocycles. The van der Waals surface area contributed by atoms with Crippen molar-refractivity contribution in [2.75, 3.05) is 11.9 Å². The molecule has 0 saturated carbocycles. The number of ether oxygens (including phenoxy) is 1. The van der Waals surface area contributed by atoms with Crippen LogP contribution < -0.4 is 5.32 Å². The molecule has 0 bridgehead atoms. The maximum atomic E-state index is 11.9. The number of amides is 1. The molecule has 3 nitrogen and oxygen atoms in total. The van der Waals surface area contributed by atoms with Gasteiger partial charge in [0.15, 0.2) is 0 Å². The Morgan fingerprint density at radius 3 is 2.27 bits per heavy atom. The molecule has 3 heteroatoms. The molecule has 0 spiro atoms. The molecular formula is C19H23NO2. The van der Waals surface area contributed by atoms with Crippen LogP contribution in [0.3, 0.4) is 0 Å². The molecule has 1 N–H and O–H groups in total. The summed E-state index contributed by atoms with van der Waals surface area (Å²) in [6, 6.07) is 12.2. The van der Waals surface area contributed by atoms with Gasteiger partial charge in [0, 0.05) is 5.69 Å². The number of carbonyl (C=O) groups is 1. The smallest absolute Gasteiger partial charge is 0.250 e. The van der Waals surface area contributed by atoms with Crippen molar-refractivity contribution in [2.45, 2.75) is 34.3 Å². The van der Waals surface area contributed by atoms with Crippen LogP contribution in [0.25, 0.3) is 0 Å². The fourth-order valence-electron chi connectivity index (χ4n) is 2.51. The average molecular weight is 297 g/mol. The second-order valence-electron chi connectivity index (χ2n) is 5.85. The summed E-state index contributed by atoms with van der Waals surface area (Å²) in [6.45, 7) is 8.65. The van der Waals surface area contributed by atoms with Crippen molar-refractivity contribution >= 4 is 11.6 Å². The molecule has 0 heterocycles. The van der Waals surface area contributed by atoms with Crippen LogP contribution in [0.1, 0.15) is 27.8 Å². The molecule has 22 heavy (non-hydrogen) atoms. The lowest BCUT2D eigenvalue weighted by atomic mass is 10.1. The predicted octanol–water partition coefficient (Wildman–Crippen LogP) is 4.08. The average Bonchev–Trinajstić information content (AvgIpc) is 2.40. The number of carbonyl (C=O) groups excluding carboxylic acids is 1. The first-order valence-electron chi connectivity index (χ1n) is 7.46. The lowest BCUT2D eigenvalue weighted by Gasteiger charge is -2.10. The zero-order chi connectivity index (χ0) is 16.1. The Kier molecular flexibility index (Phi) is 5.34. The molecule has 0 aliphatic rings. The number of rotatable bonds is 5. The van der Waals surface area contributed by atoms with Crippen molar-refractivity contribution in [3.8, 4) is 0 Å². The van der Waals surface area contributed by atoms with Crippen molar-refractivity contribution in [1.29, 1.82) is 0 Å². The van der Waals surface area contributed by atoms with Crippen molar-refractivity contribution in [1.82, 2.24) is 0 Å². The standard InChI is InChI=1S/C19H23NO2/c1-13-5-6-17(16(4)8-13)11-22-12-19(21)20-18-9-14(2)7-15(3)10-18/h5-10H,11-12H2,1-4H3,(H,20,21). The van der Waals surface area contributed by atoms with Gasteiger partial charge < -0.3 is 10.1 Å². The van der Waals surface area contributed by atoms with Crippen LogP contribution >= 0.6 is 0 Å². The van der Waals surface area contributed by atoms with Crippen LogP contribution in [-0.4, -0.2) is 12.5 Å². The first-order valence-corrected chi connectivity index (χ1v) is 7.46. The first-order chi connectivity index (χ1) is 10.4. The van der Waals surface area contributed by atoms with E-state index in [1.807, 2.05) is 32.0 Å². The highest BCUT2D eigenvalue weighted by Gasteiger charge is 2.05. The Labute approximate surface area is 132 Å². The van der Waals surface area contributed by atoms with E-state index in [2.05, 4.69) is 37.4 Å². The summed E-state index contributed by atoms with van der Waals surface area (Å²) in [6.07, 6.45) is 0. The third kappa shape index (κ3) is 4.71. The molecule has 0 atom stereocenters. The molecule has 2 aromatic carbocycles. The van der Waals surface area contributed by atoms with E-state index >= 15 is 0 Å². The summed E-state index contributed by atoms with van der Waals surface area (Å²) < 4.78 is 5.52. The van der Waals surface area contributed by atoms with E-state index in [1.165, 1.54) is 11.1 Å². The van der Waals surface area contributed by atoms with Crippen LogP contribution in [0.5, 0.6) is 0 Å². The zero-order valence-electron chi connectivity index (χ0n) is 13.7. The molecule has 0 aliphatic carbocycles.